The molecule has 3 aliphatic rings. The number of hydrogen-bond acceptors (Lipinski definition) is 8. The molecule has 3 amide bonds. The highest BCUT2D eigenvalue weighted by Crippen LogP contribution is 2.48. The number of esters is 1. The van der Waals surface area contributed by atoms with Gasteiger partial charge in [-0.25, -0.2) is 9.59 Å². The maximum Gasteiger partial charge on any atom is 0.408 e. The van der Waals surface area contributed by atoms with Gasteiger partial charge in [-0.1, -0.05) is 24.3 Å². The Hall–Kier alpha value is -4.15. The van der Waals surface area contributed by atoms with E-state index in [0.717, 1.165) is 23.7 Å². The van der Waals surface area contributed by atoms with E-state index in [1.54, 1.807) is 33.0 Å². The van der Waals surface area contributed by atoms with E-state index >= 15 is 0 Å². The van der Waals surface area contributed by atoms with Gasteiger partial charge in [-0.2, -0.15) is 0 Å². The van der Waals surface area contributed by atoms with Crippen molar-refractivity contribution in [3.63, 3.8) is 0 Å². The number of aromatic nitrogens is 1. The molecule has 1 saturated carbocycles. The van der Waals surface area contributed by atoms with Crippen LogP contribution in [0.3, 0.4) is 0 Å². The molecular weight excluding hydrogens is 564 g/mol. The van der Waals surface area contributed by atoms with Crippen LogP contribution in [-0.2, 0) is 23.9 Å². The Balaban J connectivity index is 1.44. The fourth-order valence-corrected chi connectivity index (χ4v) is 6.22. The van der Waals surface area contributed by atoms with Gasteiger partial charge in [-0.05, 0) is 83.4 Å². The van der Waals surface area contributed by atoms with E-state index in [1.807, 2.05) is 24.3 Å². The summed E-state index contributed by atoms with van der Waals surface area (Å²) in [5.74, 6) is -0.797. The average molecular weight is 607 g/mol. The van der Waals surface area contributed by atoms with Gasteiger partial charge in [-0.15, -0.1) is 0 Å². The second-order valence-electron chi connectivity index (χ2n) is 12.8. The van der Waals surface area contributed by atoms with E-state index in [4.69, 9.17) is 14.2 Å². The lowest BCUT2D eigenvalue weighted by molar-refractivity contribution is -0.148. The average Bonchev–Trinajstić information content (AvgIpc) is 3.50. The van der Waals surface area contributed by atoms with Crippen LogP contribution < -0.4 is 15.4 Å². The Bertz CT molecular complexity index is 1430. The summed E-state index contributed by atoms with van der Waals surface area (Å²) < 4.78 is 17.0. The molecule has 2 fully saturated rings. The number of allylic oxidation sites excluding steroid dienone is 2. The van der Waals surface area contributed by atoms with Crippen molar-refractivity contribution in [3.05, 3.63) is 48.7 Å². The molecule has 11 nitrogen and oxygen atoms in total. The molecule has 0 spiro atoms. The van der Waals surface area contributed by atoms with Crippen LogP contribution in [0.15, 0.2) is 48.7 Å². The number of fused-ring (bicyclic) bond motifs is 3. The van der Waals surface area contributed by atoms with Crippen LogP contribution in [-0.4, -0.2) is 76.7 Å². The van der Waals surface area contributed by atoms with Crippen molar-refractivity contribution >= 4 is 34.8 Å². The number of ether oxygens (including phenoxy) is 3. The van der Waals surface area contributed by atoms with Gasteiger partial charge in [0.2, 0.25) is 11.8 Å². The maximum absolute atomic E-state index is 14.2. The van der Waals surface area contributed by atoms with E-state index in [-0.39, 0.29) is 18.9 Å². The number of benzene rings is 1. The van der Waals surface area contributed by atoms with Crippen molar-refractivity contribution in [1.29, 1.82) is 0 Å². The fourth-order valence-electron chi connectivity index (χ4n) is 6.22. The summed E-state index contributed by atoms with van der Waals surface area (Å²) in [6.45, 7) is 5.38. The van der Waals surface area contributed by atoms with Crippen molar-refractivity contribution in [2.24, 2.45) is 5.92 Å². The lowest BCUT2D eigenvalue weighted by Gasteiger charge is -2.30. The number of nitrogens with zero attached hydrogens (tertiary/aromatic N) is 2. The lowest BCUT2D eigenvalue weighted by atomic mass is 10.1. The monoisotopic (exact) mass is 606 g/mol. The molecule has 0 radical (unpaired) electrons. The molecule has 1 unspecified atom stereocenters. The van der Waals surface area contributed by atoms with Crippen LogP contribution >= 0.6 is 0 Å². The predicted molar refractivity (Wildman–Crippen MR) is 163 cm³/mol. The van der Waals surface area contributed by atoms with Crippen molar-refractivity contribution in [1.82, 2.24) is 20.5 Å². The zero-order chi connectivity index (χ0) is 31.5. The van der Waals surface area contributed by atoms with Crippen molar-refractivity contribution < 1.29 is 33.4 Å². The molecule has 5 atom stereocenters. The number of methoxy groups -OCH3 is 1. The molecule has 1 saturated heterocycles. The van der Waals surface area contributed by atoms with Crippen molar-refractivity contribution in [3.8, 4) is 5.75 Å². The van der Waals surface area contributed by atoms with Crippen LogP contribution in [0.5, 0.6) is 5.75 Å². The van der Waals surface area contributed by atoms with Crippen LogP contribution in [0.25, 0.3) is 10.9 Å². The predicted octanol–water partition coefficient (Wildman–Crippen LogP) is 4.04. The first-order chi connectivity index (χ1) is 21.0. The number of rotatable bonds is 4. The third kappa shape index (κ3) is 6.97. The summed E-state index contributed by atoms with van der Waals surface area (Å²) in [7, 11) is 1.31. The quantitative estimate of drug-likeness (QED) is 0.393. The minimum Gasteiger partial charge on any atom is -0.488 e. The lowest BCUT2D eigenvalue weighted by Crippen LogP contribution is -2.56. The molecule has 1 aliphatic carbocycles. The molecule has 2 N–H and O–H groups in total. The first-order valence-corrected chi connectivity index (χ1v) is 15.4. The molecule has 236 valence electrons. The zero-order valence-electron chi connectivity index (χ0n) is 25.8. The summed E-state index contributed by atoms with van der Waals surface area (Å²) in [5, 5.41) is 6.54. The zero-order valence-corrected chi connectivity index (χ0v) is 25.8. The summed E-state index contributed by atoms with van der Waals surface area (Å²) in [5.41, 5.74) is -1.11. The van der Waals surface area contributed by atoms with Crippen LogP contribution in [0.2, 0.25) is 0 Å². The first kappa shape index (κ1) is 31.3. The normalized spacial score (nSPS) is 27.7. The van der Waals surface area contributed by atoms with Crippen LogP contribution in [0.1, 0.15) is 65.7 Å². The highest BCUT2D eigenvalue weighted by atomic mass is 16.6. The highest BCUT2D eigenvalue weighted by Gasteiger charge is 2.62. The molecule has 5 rings (SSSR count). The maximum atomic E-state index is 14.2. The smallest absolute Gasteiger partial charge is 0.408 e. The van der Waals surface area contributed by atoms with Gasteiger partial charge < -0.3 is 29.7 Å². The van der Waals surface area contributed by atoms with E-state index in [1.165, 1.54) is 12.0 Å². The number of carbonyl (C=O) groups is 4. The Morgan fingerprint density at radius 3 is 2.64 bits per heavy atom. The Morgan fingerprint density at radius 2 is 1.86 bits per heavy atom. The second-order valence-corrected chi connectivity index (χ2v) is 12.8. The Morgan fingerprint density at radius 1 is 1.09 bits per heavy atom. The SMILES string of the molecule is COC(=O)[C@@]12C[C@H]1CCC=CCCC[C@H](NC(=O)OC(C)(C)C)C(=O)N1CC(Oc3ccnc4ccccc34)C[C@H]1C(=O)N2. The minimum atomic E-state index is -1.12. The van der Waals surface area contributed by atoms with Gasteiger partial charge in [-0.3, -0.25) is 14.6 Å². The summed E-state index contributed by atoms with van der Waals surface area (Å²) in [6, 6.07) is 7.51. The molecule has 0 bridgehead atoms. The highest BCUT2D eigenvalue weighted by molar-refractivity contribution is 5.96. The molecule has 3 heterocycles. The van der Waals surface area contributed by atoms with Crippen LogP contribution in [0, 0.1) is 5.92 Å². The summed E-state index contributed by atoms with van der Waals surface area (Å²) >= 11 is 0. The van der Waals surface area contributed by atoms with E-state index in [9.17, 15) is 19.2 Å². The molecule has 2 aliphatic heterocycles. The standard InChI is InChI=1S/C33H42N4O7/c1-32(2,3)44-31(41)35-25-15-9-7-5-6-8-12-21-19-33(21,30(40)42-4)36-28(38)26-18-22(20-37(26)29(25)39)43-27-16-17-34-24-14-11-10-13-23(24)27/h5-6,10-11,13-14,16-17,21-22,25-26H,7-9,12,15,18-20H2,1-4H3,(H,35,41)(H,36,38)/t21-,22?,25+,26+,33-/m1/s1. The molecule has 1 aromatic heterocycles. The molecule has 1 aromatic carbocycles. The molecule has 11 heteroatoms. The molecular formula is C33H42N4O7. The summed E-state index contributed by atoms with van der Waals surface area (Å²) in [6.07, 6.45) is 8.43. The van der Waals surface area contributed by atoms with Gasteiger partial charge in [0.25, 0.3) is 0 Å². The molecule has 2 aromatic rings. The largest absolute Gasteiger partial charge is 0.488 e. The third-order valence-electron chi connectivity index (χ3n) is 8.45. The fraction of sp³-hybridized carbons (Fsp3) is 0.545. The number of para-hydroxylation sites is 1. The van der Waals surface area contributed by atoms with E-state index < -0.39 is 53.2 Å². The number of alkyl carbamates (subject to hydrolysis) is 1. The number of carbonyl (C=O) groups excluding carboxylic acids is 4. The third-order valence-corrected chi connectivity index (χ3v) is 8.45. The van der Waals surface area contributed by atoms with Gasteiger partial charge in [0.1, 0.15) is 35.1 Å². The van der Waals surface area contributed by atoms with Gasteiger partial charge in [0.15, 0.2) is 0 Å². The number of hydrogen-bond donors (Lipinski definition) is 2. The van der Waals surface area contributed by atoms with Gasteiger partial charge in [0, 0.05) is 18.0 Å². The first-order valence-electron chi connectivity index (χ1n) is 15.4. The van der Waals surface area contributed by atoms with Crippen molar-refractivity contribution in [2.75, 3.05) is 13.7 Å². The number of pyridine rings is 1. The van der Waals surface area contributed by atoms with Gasteiger partial charge >= 0.3 is 12.1 Å². The number of amides is 3. The topological polar surface area (TPSA) is 136 Å². The van der Waals surface area contributed by atoms with Crippen molar-refractivity contribution in [2.45, 2.75) is 95.0 Å². The number of nitrogens with one attached hydrogen (secondary N) is 2. The van der Waals surface area contributed by atoms with Crippen LogP contribution in [0.4, 0.5) is 4.79 Å². The Labute approximate surface area is 257 Å². The van der Waals surface area contributed by atoms with E-state index in [0.29, 0.717) is 31.4 Å². The van der Waals surface area contributed by atoms with Gasteiger partial charge in [0.05, 0.1) is 19.2 Å². The molecule has 44 heavy (non-hydrogen) atoms. The second kappa shape index (κ2) is 12.8. The Kier molecular flexibility index (Phi) is 9.12. The minimum absolute atomic E-state index is 0.0592. The summed E-state index contributed by atoms with van der Waals surface area (Å²) in [4.78, 5) is 59.7. The van der Waals surface area contributed by atoms with E-state index in [2.05, 4.69) is 27.8 Å².